The maximum absolute atomic E-state index is 8.53. The lowest BCUT2D eigenvalue weighted by Gasteiger charge is -2.07. The number of ether oxygens (including phenoxy) is 1. The van der Waals surface area contributed by atoms with Crippen molar-refractivity contribution < 1.29 is 4.74 Å². The Labute approximate surface area is 99.1 Å². The second-order valence-electron chi connectivity index (χ2n) is 3.44. The molecule has 0 aliphatic heterocycles. The molecule has 0 bridgehead atoms. The third-order valence-corrected chi connectivity index (χ3v) is 2.44. The van der Waals surface area contributed by atoms with Crippen molar-refractivity contribution in [2.24, 2.45) is 5.11 Å². The first-order chi connectivity index (χ1) is 8.35. The molecule has 2 rings (SSSR count). The van der Waals surface area contributed by atoms with Gasteiger partial charge in [-0.25, -0.2) is 0 Å². The molecule has 0 aromatic heterocycles. The molecule has 84 valence electrons. The van der Waals surface area contributed by atoms with Crippen LogP contribution in [0.3, 0.4) is 0 Å². The average Bonchev–Trinajstić information content (AvgIpc) is 2.40. The van der Waals surface area contributed by atoms with Crippen LogP contribution in [0.1, 0.15) is 0 Å². The van der Waals surface area contributed by atoms with Gasteiger partial charge in [0.15, 0.2) is 0 Å². The summed E-state index contributed by atoms with van der Waals surface area (Å²) in [4.78, 5) is 2.83. The Morgan fingerprint density at radius 3 is 2.71 bits per heavy atom. The molecule has 0 heterocycles. The van der Waals surface area contributed by atoms with Crippen molar-refractivity contribution in [3.63, 3.8) is 0 Å². The minimum Gasteiger partial charge on any atom is -0.497 e. The van der Waals surface area contributed by atoms with Crippen LogP contribution in [-0.4, -0.2) is 7.11 Å². The Hall–Kier alpha value is -2.45. The second-order valence-corrected chi connectivity index (χ2v) is 3.44. The van der Waals surface area contributed by atoms with Crippen LogP contribution in [0.15, 0.2) is 53.6 Å². The Bertz CT molecular complexity index is 574. The van der Waals surface area contributed by atoms with E-state index in [4.69, 9.17) is 10.3 Å². The highest BCUT2D eigenvalue weighted by atomic mass is 16.5. The molecule has 2 aromatic carbocycles. The van der Waals surface area contributed by atoms with Crippen molar-refractivity contribution in [1.82, 2.24) is 0 Å². The predicted octanol–water partition coefficient (Wildman–Crippen LogP) is 4.30. The zero-order valence-corrected chi connectivity index (χ0v) is 9.37. The lowest BCUT2D eigenvalue weighted by Crippen LogP contribution is -1.83. The van der Waals surface area contributed by atoms with Crippen molar-refractivity contribution in [3.05, 3.63) is 59.0 Å². The van der Waals surface area contributed by atoms with Gasteiger partial charge in [-0.1, -0.05) is 41.5 Å². The standard InChI is InChI=1S/C13H11N3O/c1-17-11-6-4-5-10(9-11)12-7-2-3-8-13(12)15-16-14/h2-9H,1H3. The quantitative estimate of drug-likeness (QED) is 0.436. The summed E-state index contributed by atoms with van der Waals surface area (Å²) in [7, 11) is 1.62. The maximum atomic E-state index is 8.53. The summed E-state index contributed by atoms with van der Waals surface area (Å²) in [6.45, 7) is 0. The van der Waals surface area contributed by atoms with E-state index in [0.29, 0.717) is 5.69 Å². The number of methoxy groups -OCH3 is 1. The fourth-order valence-corrected chi connectivity index (χ4v) is 1.64. The molecule has 0 fully saturated rings. The van der Waals surface area contributed by atoms with E-state index < -0.39 is 0 Å². The van der Waals surface area contributed by atoms with Gasteiger partial charge in [-0.05, 0) is 28.8 Å². The van der Waals surface area contributed by atoms with Gasteiger partial charge in [0.1, 0.15) is 5.75 Å². The molecule has 0 spiro atoms. The molecular weight excluding hydrogens is 214 g/mol. The number of hydrogen-bond acceptors (Lipinski definition) is 2. The van der Waals surface area contributed by atoms with Gasteiger partial charge in [0.05, 0.1) is 7.11 Å². The van der Waals surface area contributed by atoms with E-state index in [0.717, 1.165) is 16.9 Å². The highest BCUT2D eigenvalue weighted by molar-refractivity contribution is 5.76. The van der Waals surface area contributed by atoms with Gasteiger partial charge >= 0.3 is 0 Å². The topological polar surface area (TPSA) is 58.0 Å². The van der Waals surface area contributed by atoms with Crippen LogP contribution in [0, 0.1) is 0 Å². The monoisotopic (exact) mass is 225 g/mol. The van der Waals surface area contributed by atoms with E-state index in [2.05, 4.69) is 10.0 Å². The van der Waals surface area contributed by atoms with Gasteiger partial charge in [0, 0.05) is 10.6 Å². The van der Waals surface area contributed by atoms with Crippen molar-refractivity contribution in [2.75, 3.05) is 7.11 Å². The smallest absolute Gasteiger partial charge is 0.119 e. The highest BCUT2D eigenvalue weighted by Crippen LogP contribution is 2.31. The summed E-state index contributed by atoms with van der Waals surface area (Å²) in [6.07, 6.45) is 0. The summed E-state index contributed by atoms with van der Waals surface area (Å²) < 4.78 is 5.17. The molecule has 0 N–H and O–H groups in total. The number of azide groups is 1. The third kappa shape index (κ3) is 2.38. The van der Waals surface area contributed by atoms with Gasteiger partial charge in [0.2, 0.25) is 0 Å². The first-order valence-corrected chi connectivity index (χ1v) is 5.13. The Morgan fingerprint density at radius 1 is 1.12 bits per heavy atom. The Morgan fingerprint density at radius 2 is 1.94 bits per heavy atom. The van der Waals surface area contributed by atoms with E-state index in [9.17, 15) is 0 Å². The summed E-state index contributed by atoms with van der Waals surface area (Å²) in [6, 6.07) is 15.1. The molecule has 0 amide bonds. The van der Waals surface area contributed by atoms with Gasteiger partial charge in [0.25, 0.3) is 0 Å². The summed E-state index contributed by atoms with van der Waals surface area (Å²) in [5.41, 5.74) is 11.0. The van der Waals surface area contributed by atoms with Crippen LogP contribution in [-0.2, 0) is 0 Å². The van der Waals surface area contributed by atoms with Gasteiger partial charge < -0.3 is 4.74 Å². The number of rotatable bonds is 3. The number of benzene rings is 2. The minimum absolute atomic E-state index is 0.614. The lowest BCUT2D eigenvalue weighted by atomic mass is 10.0. The molecule has 4 nitrogen and oxygen atoms in total. The molecular formula is C13H11N3O. The Balaban J connectivity index is 2.55. The van der Waals surface area contributed by atoms with Crippen molar-refractivity contribution in [3.8, 4) is 16.9 Å². The van der Waals surface area contributed by atoms with Crippen LogP contribution < -0.4 is 4.74 Å². The molecule has 0 aliphatic carbocycles. The largest absolute Gasteiger partial charge is 0.497 e. The number of nitrogens with zero attached hydrogens (tertiary/aromatic N) is 3. The van der Waals surface area contributed by atoms with Gasteiger partial charge in [-0.3, -0.25) is 0 Å². The molecule has 0 saturated carbocycles. The van der Waals surface area contributed by atoms with Crippen molar-refractivity contribution >= 4 is 5.69 Å². The third-order valence-electron chi connectivity index (χ3n) is 2.44. The lowest BCUT2D eigenvalue weighted by molar-refractivity contribution is 0.415. The minimum atomic E-state index is 0.614. The zero-order chi connectivity index (χ0) is 12.1. The van der Waals surface area contributed by atoms with Crippen molar-refractivity contribution in [1.29, 1.82) is 0 Å². The fraction of sp³-hybridized carbons (Fsp3) is 0.0769. The molecule has 0 radical (unpaired) electrons. The molecule has 0 saturated heterocycles. The molecule has 2 aromatic rings. The van der Waals surface area contributed by atoms with Crippen LogP contribution in [0.2, 0.25) is 0 Å². The predicted molar refractivity (Wildman–Crippen MR) is 67.2 cm³/mol. The molecule has 0 atom stereocenters. The van der Waals surface area contributed by atoms with Crippen molar-refractivity contribution in [2.45, 2.75) is 0 Å². The van der Waals surface area contributed by atoms with Gasteiger partial charge in [-0.15, -0.1) is 0 Å². The van der Waals surface area contributed by atoms with E-state index in [-0.39, 0.29) is 0 Å². The SMILES string of the molecule is COc1cccc(-c2ccccc2N=[N+]=[N-])c1. The molecule has 0 aliphatic rings. The van der Waals surface area contributed by atoms with Crippen LogP contribution in [0.25, 0.3) is 21.6 Å². The second kappa shape index (κ2) is 5.05. The van der Waals surface area contributed by atoms with Crippen LogP contribution >= 0.6 is 0 Å². The first kappa shape index (κ1) is 11.0. The van der Waals surface area contributed by atoms with E-state index in [1.54, 1.807) is 13.2 Å². The maximum Gasteiger partial charge on any atom is 0.119 e. The van der Waals surface area contributed by atoms with Crippen LogP contribution in [0.5, 0.6) is 5.75 Å². The normalized spacial score (nSPS) is 9.47. The average molecular weight is 225 g/mol. The Kier molecular flexibility index (Phi) is 3.28. The summed E-state index contributed by atoms with van der Waals surface area (Å²) in [5, 5.41) is 3.68. The van der Waals surface area contributed by atoms with E-state index in [1.807, 2.05) is 42.5 Å². The van der Waals surface area contributed by atoms with E-state index in [1.165, 1.54) is 0 Å². The molecule has 0 unspecified atom stereocenters. The number of hydrogen-bond donors (Lipinski definition) is 0. The molecule has 17 heavy (non-hydrogen) atoms. The van der Waals surface area contributed by atoms with E-state index >= 15 is 0 Å². The first-order valence-electron chi connectivity index (χ1n) is 5.13. The molecule has 4 heteroatoms. The van der Waals surface area contributed by atoms with Gasteiger partial charge in [-0.2, -0.15) is 0 Å². The zero-order valence-electron chi connectivity index (χ0n) is 9.37. The fourth-order valence-electron chi connectivity index (χ4n) is 1.64. The summed E-state index contributed by atoms with van der Waals surface area (Å²) in [5.74, 6) is 0.776. The van der Waals surface area contributed by atoms with Crippen LogP contribution in [0.4, 0.5) is 5.69 Å². The highest BCUT2D eigenvalue weighted by Gasteiger charge is 2.03. The summed E-state index contributed by atoms with van der Waals surface area (Å²) >= 11 is 0.